The summed E-state index contributed by atoms with van der Waals surface area (Å²) in [6, 6.07) is 6.27. The first-order valence-electron chi connectivity index (χ1n) is 6.69. The van der Waals surface area contributed by atoms with E-state index < -0.39 is 0 Å². The summed E-state index contributed by atoms with van der Waals surface area (Å²) in [5.41, 5.74) is 4.13. The number of methoxy groups -OCH3 is 1. The molecule has 0 spiro atoms. The summed E-state index contributed by atoms with van der Waals surface area (Å²) in [7, 11) is 1.64. The van der Waals surface area contributed by atoms with Gasteiger partial charge >= 0.3 is 0 Å². The van der Waals surface area contributed by atoms with Crippen molar-refractivity contribution in [1.82, 2.24) is 9.97 Å². The first-order chi connectivity index (χ1) is 8.82. The third-order valence-electron chi connectivity index (χ3n) is 3.26. The molecule has 3 heteroatoms. The van der Waals surface area contributed by atoms with Gasteiger partial charge in [0.2, 0.25) is 5.88 Å². The van der Waals surface area contributed by atoms with Crippen LogP contribution in [0.25, 0.3) is 11.0 Å². The van der Waals surface area contributed by atoms with Crippen molar-refractivity contribution in [2.45, 2.75) is 46.0 Å². The smallest absolute Gasteiger partial charge is 0.236 e. The van der Waals surface area contributed by atoms with Gasteiger partial charge in [0, 0.05) is 5.92 Å². The van der Waals surface area contributed by atoms with Crippen LogP contribution in [-0.2, 0) is 5.41 Å². The molecule has 0 unspecified atom stereocenters. The predicted molar refractivity (Wildman–Crippen MR) is 78.9 cm³/mol. The lowest BCUT2D eigenvalue weighted by Crippen LogP contribution is -2.11. The normalized spacial score (nSPS) is 12.2. The van der Waals surface area contributed by atoms with Crippen molar-refractivity contribution in [3.63, 3.8) is 0 Å². The largest absolute Gasteiger partial charge is 0.480 e. The lowest BCUT2D eigenvalue weighted by Gasteiger charge is -2.19. The molecule has 1 aromatic heterocycles. The highest BCUT2D eigenvalue weighted by Crippen LogP contribution is 2.28. The number of ether oxygens (including phenoxy) is 1. The second-order valence-electron chi connectivity index (χ2n) is 6.23. The van der Waals surface area contributed by atoms with E-state index in [1.807, 2.05) is 6.07 Å². The third kappa shape index (κ3) is 2.70. The number of rotatable bonds is 2. The topological polar surface area (TPSA) is 35.0 Å². The fourth-order valence-corrected chi connectivity index (χ4v) is 2.04. The summed E-state index contributed by atoms with van der Waals surface area (Å²) in [4.78, 5) is 9.29. The molecule has 0 amide bonds. The second kappa shape index (κ2) is 4.80. The Morgan fingerprint density at radius 3 is 2.26 bits per heavy atom. The molecule has 0 saturated carbocycles. The molecule has 0 aliphatic carbocycles. The molecule has 0 N–H and O–H groups in total. The summed E-state index contributed by atoms with van der Waals surface area (Å²) in [5, 5.41) is 0. The van der Waals surface area contributed by atoms with Gasteiger partial charge in [-0.05, 0) is 23.1 Å². The highest BCUT2D eigenvalue weighted by molar-refractivity contribution is 5.76. The van der Waals surface area contributed by atoms with E-state index in [0.717, 1.165) is 16.7 Å². The summed E-state index contributed by atoms with van der Waals surface area (Å²) in [6.07, 6.45) is 0. The van der Waals surface area contributed by atoms with Crippen LogP contribution in [0, 0.1) is 0 Å². The van der Waals surface area contributed by atoms with Gasteiger partial charge < -0.3 is 4.74 Å². The van der Waals surface area contributed by atoms with E-state index in [1.165, 1.54) is 5.56 Å². The van der Waals surface area contributed by atoms with Crippen LogP contribution in [0.3, 0.4) is 0 Å². The number of aromatic nitrogens is 2. The molecule has 0 atom stereocenters. The zero-order valence-electron chi connectivity index (χ0n) is 12.6. The van der Waals surface area contributed by atoms with Crippen molar-refractivity contribution in [3.05, 3.63) is 29.5 Å². The number of fused-ring (bicyclic) bond motifs is 1. The Labute approximate surface area is 115 Å². The first-order valence-corrected chi connectivity index (χ1v) is 6.69. The van der Waals surface area contributed by atoms with Crippen molar-refractivity contribution in [1.29, 1.82) is 0 Å². The van der Waals surface area contributed by atoms with Gasteiger partial charge in [-0.1, -0.05) is 40.7 Å². The van der Waals surface area contributed by atoms with Gasteiger partial charge in [0.05, 0.1) is 18.1 Å². The third-order valence-corrected chi connectivity index (χ3v) is 3.26. The van der Waals surface area contributed by atoms with Gasteiger partial charge in [0.25, 0.3) is 0 Å². The van der Waals surface area contributed by atoms with Crippen LogP contribution < -0.4 is 4.74 Å². The molecular weight excluding hydrogens is 236 g/mol. The highest BCUT2D eigenvalue weighted by Gasteiger charge is 2.17. The van der Waals surface area contributed by atoms with Gasteiger partial charge in [-0.25, -0.2) is 9.97 Å². The molecule has 0 aliphatic heterocycles. The molecule has 102 valence electrons. The Hall–Kier alpha value is -1.64. The Morgan fingerprint density at radius 2 is 1.74 bits per heavy atom. The molecule has 2 rings (SSSR count). The van der Waals surface area contributed by atoms with Crippen molar-refractivity contribution in [3.8, 4) is 5.88 Å². The zero-order chi connectivity index (χ0) is 14.2. The predicted octanol–water partition coefficient (Wildman–Crippen LogP) is 4.06. The van der Waals surface area contributed by atoms with Crippen LogP contribution >= 0.6 is 0 Å². The molecule has 0 fully saturated rings. The Kier molecular flexibility index (Phi) is 3.48. The van der Waals surface area contributed by atoms with Gasteiger partial charge in [-0.3, -0.25) is 0 Å². The van der Waals surface area contributed by atoms with Gasteiger partial charge in [-0.15, -0.1) is 0 Å². The minimum atomic E-state index is 0.119. The van der Waals surface area contributed by atoms with Crippen LogP contribution in [-0.4, -0.2) is 17.1 Å². The van der Waals surface area contributed by atoms with Crippen molar-refractivity contribution < 1.29 is 4.74 Å². The molecule has 1 heterocycles. The van der Waals surface area contributed by atoms with E-state index in [1.54, 1.807) is 7.11 Å². The maximum Gasteiger partial charge on any atom is 0.236 e. The molecular formula is C16H22N2O. The SMILES string of the molecule is COc1nc2ccc(C(C)(C)C)cc2nc1C(C)C. The van der Waals surface area contributed by atoms with E-state index in [4.69, 9.17) is 9.72 Å². The minimum Gasteiger partial charge on any atom is -0.480 e. The van der Waals surface area contributed by atoms with E-state index in [-0.39, 0.29) is 5.41 Å². The average Bonchev–Trinajstić information content (AvgIpc) is 2.35. The van der Waals surface area contributed by atoms with Gasteiger partial charge in [0.1, 0.15) is 5.69 Å². The molecule has 19 heavy (non-hydrogen) atoms. The second-order valence-corrected chi connectivity index (χ2v) is 6.23. The first kappa shape index (κ1) is 13.8. The average molecular weight is 258 g/mol. The number of hydrogen-bond acceptors (Lipinski definition) is 3. The van der Waals surface area contributed by atoms with Gasteiger partial charge in [0.15, 0.2) is 0 Å². The fraction of sp³-hybridized carbons (Fsp3) is 0.500. The lowest BCUT2D eigenvalue weighted by molar-refractivity contribution is 0.389. The van der Waals surface area contributed by atoms with Gasteiger partial charge in [-0.2, -0.15) is 0 Å². The van der Waals surface area contributed by atoms with Crippen molar-refractivity contribution in [2.24, 2.45) is 0 Å². The van der Waals surface area contributed by atoms with E-state index >= 15 is 0 Å². The zero-order valence-corrected chi connectivity index (χ0v) is 12.6. The summed E-state index contributed by atoms with van der Waals surface area (Å²) >= 11 is 0. The molecule has 0 radical (unpaired) electrons. The highest BCUT2D eigenvalue weighted by atomic mass is 16.5. The summed E-state index contributed by atoms with van der Waals surface area (Å²) < 4.78 is 5.34. The Balaban J connectivity index is 2.66. The molecule has 0 saturated heterocycles. The Bertz CT molecular complexity index is 597. The molecule has 3 nitrogen and oxygen atoms in total. The van der Waals surface area contributed by atoms with Crippen LogP contribution in [0.4, 0.5) is 0 Å². The lowest BCUT2D eigenvalue weighted by atomic mass is 9.87. The molecule has 1 aromatic carbocycles. The van der Waals surface area contributed by atoms with Crippen LogP contribution in [0.2, 0.25) is 0 Å². The van der Waals surface area contributed by atoms with E-state index in [9.17, 15) is 0 Å². The fourth-order valence-electron chi connectivity index (χ4n) is 2.04. The number of hydrogen-bond donors (Lipinski definition) is 0. The number of benzene rings is 1. The standard InChI is InChI=1S/C16H22N2O/c1-10(2)14-15(19-6)18-12-8-7-11(16(3,4)5)9-13(12)17-14/h7-10H,1-6H3. The summed E-state index contributed by atoms with van der Waals surface area (Å²) in [5.74, 6) is 0.927. The van der Waals surface area contributed by atoms with Crippen molar-refractivity contribution >= 4 is 11.0 Å². The molecule has 2 aromatic rings. The van der Waals surface area contributed by atoms with E-state index in [0.29, 0.717) is 11.8 Å². The monoisotopic (exact) mass is 258 g/mol. The Morgan fingerprint density at radius 1 is 1.05 bits per heavy atom. The van der Waals surface area contributed by atoms with E-state index in [2.05, 4.69) is 51.7 Å². The number of nitrogens with zero attached hydrogens (tertiary/aromatic N) is 2. The summed E-state index contributed by atoms with van der Waals surface area (Å²) in [6.45, 7) is 10.8. The minimum absolute atomic E-state index is 0.119. The quantitative estimate of drug-likeness (QED) is 0.814. The molecule has 0 bridgehead atoms. The van der Waals surface area contributed by atoms with Crippen LogP contribution in [0.5, 0.6) is 5.88 Å². The maximum atomic E-state index is 5.34. The maximum absolute atomic E-state index is 5.34. The van der Waals surface area contributed by atoms with Crippen LogP contribution in [0.15, 0.2) is 18.2 Å². The van der Waals surface area contributed by atoms with Crippen LogP contribution in [0.1, 0.15) is 51.8 Å². The van der Waals surface area contributed by atoms with Crippen molar-refractivity contribution in [2.75, 3.05) is 7.11 Å². The molecule has 0 aliphatic rings.